The lowest BCUT2D eigenvalue weighted by molar-refractivity contribution is -0.287. The van der Waals surface area contributed by atoms with Crippen molar-refractivity contribution in [3.05, 3.63) is 0 Å². The third-order valence-corrected chi connectivity index (χ3v) is 5.51. The minimum Gasteiger partial charge on any atom is -0.380 e. The standard InChI is InChI=1S/C20H40N2O3/c1-18(2,3)20(19(4,5)6)24-16-17(25-20)8-14-23-15-13-22-11-9-21(7)10-12-22/h17H,8-16H2,1-7H3. The second-order valence-electron chi connectivity index (χ2n) is 9.71. The normalized spacial score (nSPS) is 26.3. The van der Waals surface area contributed by atoms with Gasteiger partial charge in [-0.2, -0.15) is 0 Å². The summed E-state index contributed by atoms with van der Waals surface area (Å²) in [5.74, 6) is -0.537. The summed E-state index contributed by atoms with van der Waals surface area (Å²) < 4.78 is 18.6. The molecule has 0 radical (unpaired) electrons. The summed E-state index contributed by atoms with van der Waals surface area (Å²) in [4.78, 5) is 4.87. The van der Waals surface area contributed by atoms with Gasteiger partial charge in [-0.25, -0.2) is 0 Å². The van der Waals surface area contributed by atoms with E-state index in [1.165, 1.54) is 0 Å². The summed E-state index contributed by atoms with van der Waals surface area (Å²) >= 11 is 0. The molecule has 1 unspecified atom stereocenters. The summed E-state index contributed by atoms with van der Waals surface area (Å²) in [6, 6.07) is 0. The van der Waals surface area contributed by atoms with E-state index in [4.69, 9.17) is 14.2 Å². The Morgan fingerprint density at radius 2 is 1.56 bits per heavy atom. The minimum absolute atomic E-state index is 0.0672. The molecule has 0 N–H and O–H groups in total. The van der Waals surface area contributed by atoms with E-state index in [1.54, 1.807) is 0 Å². The van der Waals surface area contributed by atoms with Crippen molar-refractivity contribution in [2.75, 3.05) is 59.6 Å². The highest BCUT2D eigenvalue weighted by molar-refractivity contribution is 4.97. The van der Waals surface area contributed by atoms with Gasteiger partial charge in [-0.15, -0.1) is 0 Å². The average molecular weight is 357 g/mol. The Balaban J connectivity index is 1.69. The molecule has 0 aromatic heterocycles. The molecule has 2 saturated heterocycles. The van der Waals surface area contributed by atoms with E-state index in [0.717, 1.165) is 52.4 Å². The molecule has 2 fully saturated rings. The molecule has 25 heavy (non-hydrogen) atoms. The van der Waals surface area contributed by atoms with Gasteiger partial charge >= 0.3 is 0 Å². The molecule has 1 atom stereocenters. The Morgan fingerprint density at radius 3 is 2.08 bits per heavy atom. The highest BCUT2D eigenvalue weighted by Gasteiger charge is 2.57. The number of ether oxygens (including phenoxy) is 3. The summed E-state index contributed by atoms with van der Waals surface area (Å²) in [5, 5.41) is 0. The van der Waals surface area contributed by atoms with Gasteiger partial charge in [0.15, 0.2) is 5.79 Å². The number of piperazine rings is 1. The second-order valence-corrected chi connectivity index (χ2v) is 9.71. The molecule has 5 nitrogen and oxygen atoms in total. The van der Waals surface area contributed by atoms with Gasteiger partial charge in [-0.3, -0.25) is 4.90 Å². The lowest BCUT2D eigenvalue weighted by Gasteiger charge is -2.49. The number of rotatable bonds is 6. The van der Waals surface area contributed by atoms with E-state index in [1.807, 2.05) is 0 Å². The van der Waals surface area contributed by atoms with Gasteiger partial charge in [0.1, 0.15) is 0 Å². The average Bonchev–Trinajstić information content (AvgIpc) is 2.94. The van der Waals surface area contributed by atoms with Crippen LogP contribution in [0.15, 0.2) is 0 Å². The fourth-order valence-electron chi connectivity index (χ4n) is 4.15. The monoisotopic (exact) mass is 356 g/mol. The van der Waals surface area contributed by atoms with Crippen LogP contribution >= 0.6 is 0 Å². The summed E-state index contributed by atoms with van der Waals surface area (Å²) in [6.45, 7) is 21.1. The van der Waals surface area contributed by atoms with Gasteiger partial charge in [0.05, 0.1) is 19.3 Å². The van der Waals surface area contributed by atoms with Crippen molar-refractivity contribution in [2.24, 2.45) is 10.8 Å². The maximum atomic E-state index is 6.47. The predicted octanol–water partition coefficient (Wildman–Crippen LogP) is 2.84. The third kappa shape index (κ3) is 5.16. The molecule has 0 aromatic carbocycles. The van der Waals surface area contributed by atoms with E-state index >= 15 is 0 Å². The zero-order chi connectivity index (χ0) is 18.7. The number of hydrogen-bond donors (Lipinski definition) is 0. The number of hydrogen-bond acceptors (Lipinski definition) is 5. The molecule has 0 spiro atoms. The van der Waals surface area contributed by atoms with E-state index in [2.05, 4.69) is 58.4 Å². The van der Waals surface area contributed by atoms with Crippen LogP contribution in [0, 0.1) is 10.8 Å². The van der Waals surface area contributed by atoms with Crippen molar-refractivity contribution >= 4 is 0 Å². The van der Waals surface area contributed by atoms with E-state index in [-0.39, 0.29) is 16.9 Å². The fourth-order valence-corrected chi connectivity index (χ4v) is 4.15. The van der Waals surface area contributed by atoms with Gasteiger partial charge in [-0.1, -0.05) is 41.5 Å². The van der Waals surface area contributed by atoms with Crippen LogP contribution in [-0.4, -0.2) is 81.3 Å². The molecular formula is C20H40N2O3. The van der Waals surface area contributed by atoms with Crippen LogP contribution in [0.5, 0.6) is 0 Å². The highest BCUT2D eigenvalue weighted by Crippen LogP contribution is 2.51. The SMILES string of the molecule is CN1CCN(CCOCCC2COC(C(C)(C)C)(C(C)(C)C)O2)CC1. The van der Waals surface area contributed by atoms with Gasteiger partial charge < -0.3 is 19.1 Å². The third-order valence-electron chi connectivity index (χ3n) is 5.51. The molecule has 0 bridgehead atoms. The Labute approximate surface area is 155 Å². The van der Waals surface area contributed by atoms with Crippen molar-refractivity contribution < 1.29 is 14.2 Å². The molecule has 148 valence electrons. The van der Waals surface area contributed by atoms with E-state index < -0.39 is 5.79 Å². The number of nitrogens with zero attached hydrogens (tertiary/aromatic N) is 2. The van der Waals surface area contributed by atoms with Crippen molar-refractivity contribution in [2.45, 2.75) is 59.9 Å². The Kier molecular flexibility index (Phi) is 6.94. The molecule has 0 aliphatic carbocycles. The Hall–Kier alpha value is -0.200. The summed E-state index contributed by atoms with van der Waals surface area (Å²) in [5.41, 5.74) is -0.134. The van der Waals surface area contributed by atoms with Gasteiger partial charge in [0, 0.05) is 50.2 Å². The molecule has 2 aliphatic heterocycles. The van der Waals surface area contributed by atoms with E-state index in [9.17, 15) is 0 Å². The minimum atomic E-state index is -0.537. The van der Waals surface area contributed by atoms with Crippen molar-refractivity contribution in [3.63, 3.8) is 0 Å². The zero-order valence-electron chi connectivity index (χ0n) is 17.6. The lowest BCUT2D eigenvalue weighted by atomic mass is 9.70. The van der Waals surface area contributed by atoms with Crippen molar-refractivity contribution in [3.8, 4) is 0 Å². The first-order valence-electron chi connectivity index (χ1n) is 9.85. The maximum Gasteiger partial charge on any atom is 0.178 e. The molecule has 0 amide bonds. The fraction of sp³-hybridized carbons (Fsp3) is 1.00. The molecule has 5 heteroatoms. The molecular weight excluding hydrogens is 316 g/mol. The Bertz CT molecular complexity index is 392. The Morgan fingerprint density at radius 1 is 0.960 bits per heavy atom. The van der Waals surface area contributed by atoms with Crippen LogP contribution < -0.4 is 0 Å². The maximum absolute atomic E-state index is 6.47. The smallest absolute Gasteiger partial charge is 0.178 e. The van der Waals surface area contributed by atoms with Gasteiger partial charge in [-0.05, 0) is 13.5 Å². The first-order chi connectivity index (χ1) is 11.6. The highest BCUT2D eigenvalue weighted by atomic mass is 16.7. The van der Waals surface area contributed by atoms with Crippen LogP contribution in [0.25, 0.3) is 0 Å². The van der Waals surface area contributed by atoms with Crippen LogP contribution in [0.1, 0.15) is 48.0 Å². The van der Waals surface area contributed by atoms with Crippen LogP contribution in [0.4, 0.5) is 0 Å². The van der Waals surface area contributed by atoms with Gasteiger partial charge in [0.25, 0.3) is 0 Å². The van der Waals surface area contributed by atoms with Crippen LogP contribution in [0.2, 0.25) is 0 Å². The molecule has 0 saturated carbocycles. The van der Waals surface area contributed by atoms with Gasteiger partial charge in [0.2, 0.25) is 0 Å². The summed E-state index contributed by atoms with van der Waals surface area (Å²) in [7, 11) is 2.19. The van der Waals surface area contributed by atoms with Crippen molar-refractivity contribution in [1.29, 1.82) is 0 Å². The van der Waals surface area contributed by atoms with Crippen molar-refractivity contribution in [1.82, 2.24) is 9.80 Å². The predicted molar refractivity (Wildman–Crippen MR) is 102 cm³/mol. The number of likely N-dealkylation sites (N-methyl/N-ethyl adjacent to an activating group) is 1. The molecule has 2 rings (SSSR count). The topological polar surface area (TPSA) is 34.2 Å². The summed E-state index contributed by atoms with van der Waals surface area (Å²) in [6.07, 6.45) is 1.03. The second kappa shape index (κ2) is 8.22. The van der Waals surface area contributed by atoms with Crippen LogP contribution in [0.3, 0.4) is 0 Å². The quantitative estimate of drug-likeness (QED) is 0.684. The molecule has 2 aliphatic rings. The van der Waals surface area contributed by atoms with Crippen LogP contribution in [-0.2, 0) is 14.2 Å². The first kappa shape index (κ1) is 21.1. The first-order valence-corrected chi connectivity index (χ1v) is 9.85. The van der Waals surface area contributed by atoms with E-state index in [0.29, 0.717) is 6.61 Å². The lowest BCUT2D eigenvalue weighted by Crippen LogP contribution is -2.54. The molecule has 2 heterocycles. The zero-order valence-corrected chi connectivity index (χ0v) is 17.6. The molecule has 0 aromatic rings. The largest absolute Gasteiger partial charge is 0.380 e.